The molecule has 1 heterocycles. The molecule has 0 unspecified atom stereocenters. The van der Waals surface area contributed by atoms with Crippen molar-refractivity contribution in [2.24, 2.45) is 0 Å². The normalized spacial score (nSPS) is 11.8. The van der Waals surface area contributed by atoms with Crippen LogP contribution in [0.3, 0.4) is 0 Å². The number of hydrogen-bond acceptors (Lipinski definition) is 1. The second kappa shape index (κ2) is 7.34. The van der Waals surface area contributed by atoms with Gasteiger partial charge in [-0.05, 0) is 50.6 Å². The number of hydrogen-bond donors (Lipinski definition) is 0. The van der Waals surface area contributed by atoms with Gasteiger partial charge in [-0.15, -0.1) is 0 Å². The van der Waals surface area contributed by atoms with Crippen molar-refractivity contribution >= 4 is 39.1 Å². The molecule has 0 radical (unpaired) electrons. The Labute approximate surface area is 171 Å². The highest BCUT2D eigenvalue weighted by Crippen LogP contribution is 2.40. The highest BCUT2D eigenvalue weighted by atomic mass is 79.9. The van der Waals surface area contributed by atoms with E-state index in [4.69, 9.17) is 28.2 Å². The molecular weight excluding hydrogens is 438 g/mol. The smallest absolute Gasteiger partial charge is 0.148 e. The van der Waals surface area contributed by atoms with E-state index in [-0.39, 0.29) is 5.82 Å². The molecule has 26 heavy (non-hydrogen) atoms. The monoisotopic (exact) mass is 454 g/mol. The molecule has 0 spiro atoms. The largest absolute Gasteiger partial charge is 0.300 e. The Balaban J connectivity index is 2.26. The summed E-state index contributed by atoms with van der Waals surface area (Å²) in [6.07, 6.45) is 2.61. The summed E-state index contributed by atoms with van der Waals surface area (Å²) in [6, 6.07) is 10.4. The standard InChI is InChI=1S/C20H18BrCl2FN2/c1-4-13-11-26(17-9-8-12(21)10-16(17)24)19(25-13)20(2,3)18-14(22)6-5-7-15(18)23/h5-11H,4H2,1-3H3. The second-order valence-corrected chi connectivity index (χ2v) is 8.33. The van der Waals surface area contributed by atoms with Crippen molar-refractivity contribution in [2.75, 3.05) is 0 Å². The van der Waals surface area contributed by atoms with Gasteiger partial charge >= 0.3 is 0 Å². The molecule has 0 N–H and O–H groups in total. The molecule has 0 amide bonds. The van der Waals surface area contributed by atoms with E-state index < -0.39 is 5.41 Å². The molecule has 0 saturated heterocycles. The van der Waals surface area contributed by atoms with Crippen molar-refractivity contribution < 1.29 is 4.39 Å². The lowest BCUT2D eigenvalue weighted by atomic mass is 9.83. The van der Waals surface area contributed by atoms with E-state index in [2.05, 4.69) is 15.9 Å². The zero-order chi connectivity index (χ0) is 19.1. The molecule has 0 aliphatic carbocycles. The molecule has 0 aliphatic heterocycles. The summed E-state index contributed by atoms with van der Waals surface area (Å²) >= 11 is 16.2. The van der Waals surface area contributed by atoms with Gasteiger partial charge in [0.1, 0.15) is 11.6 Å². The first-order valence-corrected chi connectivity index (χ1v) is 9.79. The molecule has 0 fully saturated rings. The van der Waals surface area contributed by atoms with Crippen LogP contribution in [0.15, 0.2) is 47.1 Å². The third-order valence-corrected chi connectivity index (χ3v) is 5.56. The van der Waals surface area contributed by atoms with Gasteiger partial charge in [0.05, 0.1) is 16.8 Å². The van der Waals surface area contributed by atoms with Gasteiger partial charge in [0.2, 0.25) is 0 Å². The average molecular weight is 456 g/mol. The van der Waals surface area contributed by atoms with E-state index in [1.165, 1.54) is 6.07 Å². The third kappa shape index (κ3) is 3.42. The number of halogens is 4. The van der Waals surface area contributed by atoms with E-state index in [0.29, 0.717) is 26.0 Å². The Morgan fingerprint density at radius 1 is 1.15 bits per heavy atom. The number of rotatable bonds is 4. The Kier molecular flexibility index (Phi) is 5.48. The molecule has 2 aromatic carbocycles. The predicted molar refractivity (Wildman–Crippen MR) is 109 cm³/mol. The average Bonchev–Trinajstić information content (AvgIpc) is 2.99. The lowest BCUT2D eigenvalue weighted by Crippen LogP contribution is -2.25. The van der Waals surface area contributed by atoms with Crippen molar-refractivity contribution in [1.29, 1.82) is 0 Å². The van der Waals surface area contributed by atoms with Gasteiger partial charge in [-0.2, -0.15) is 0 Å². The molecule has 136 valence electrons. The van der Waals surface area contributed by atoms with Crippen LogP contribution in [0, 0.1) is 5.82 Å². The summed E-state index contributed by atoms with van der Waals surface area (Å²) in [6.45, 7) is 6.01. The fraction of sp³-hybridized carbons (Fsp3) is 0.250. The maximum absolute atomic E-state index is 14.6. The van der Waals surface area contributed by atoms with Gasteiger partial charge < -0.3 is 0 Å². The van der Waals surface area contributed by atoms with Crippen LogP contribution in [-0.4, -0.2) is 9.55 Å². The SMILES string of the molecule is CCc1cn(-c2ccc(Br)cc2F)c(C(C)(C)c2c(Cl)cccc2Cl)n1. The molecule has 6 heteroatoms. The van der Waals surface area contributed by atoms with Crippen LogP contribution >= 0.6 is 39.1 Å². The summed E-state index contributed by atoms with van der Waals surface area (Å²) in [5.74, 6) is 0.354. The Hall–Kier alpha value is -1.36. The number of imidazole rings is 1. The van der Waals surface area contributed by atoms with E-state index in [1.807, 2.05) is 39.1 Å². The first kappa shape index (κ1) is 19.4. The molecule has 0 bridgehead atoms. The summed E-state index contributed by atoms with van der Waals surface area (Å²) in [5.41, 5.74) is 1.46. The highest BCUT2D eigenvalue weighted by molar-refractivity contribution is 9.10. The highest BCUT2D eigenvalue weighted by Gasteiger charge is 2.33. The fourth-order valence-electron chi connectivity index (χ4n) is 3.11. The summed E-state index contributed by atoms with van der Waals surface area (Å²) < 4.78 is 17.1. The predicted octanol–water partition coefficient (Wildman–Crippen LogP) is 6.97. The molecule has 0 aliphatic rings. The Morgan fingerprint density at radius 2 is 1.81 bits per heavy atom. The van der Waals surface area contributed by atoms with Gasteiger partial charge in [-0.3, -0.25) is 4.57 Å². The zero-order valence-electron chi connectivity index (χ0n) is 14.7. The first-order chi connectivity index (χ1) is 12.3. The lowest BCUT2D eigenvalue weighted by molar-refractivity contribution is 0.564. The van der Waals surface area contributed by atoms with Gasteiger partial charge in [0, 0.05) is 26.3 Å². The maximum Gasteiger partial charge on any atom is 0.148 e. The van der Waals surface area contributed by atoms with Gasteiger partial charge in [0.25, 0.3) is 0 Å². The molecule has 0 atom stereocenters. The van der Waals surface area contributed by atoms with Crippen LogP contribution < -0.4 is 0 Å². The molecule has 3 rings (SSSR count). The van der Waals surface area contributed by atoms with E-state index in [0.717, 1.165) is 17.7 Å². The number of aryl methyl sites for hydroxylation is 1. The van der Waals surface area contributed by atoms with Crippen molar-refractivity contribution in [3.63, 3.8) is 0 Å². The van der Waals surface area contributed by atoms with Crippen LogP contribution in [0.5, 0.6) is 0 Å². The quantitative estimate of drug-likeness (QED) is 0.415. The van der Waals surface area contributed by atoms with Crippen LogP contribution in [0.2, 0.25) is 10.0 Å². The first-order valence-electron chi connectivity index (χ1n) is 8.24. The minimum absolute atomic E-state index is 0.332. The summed E-state index contributed by atoms with van der Waals surface area (Å²) in [4.78, 5) is 4.77. The molecule has 1 aromatic heterocycles. The van der Waals surface area contributed by atoms with Crippen LogP contribution in [0.4, 0.5) is 4.39 Å². The minimum Gasteiger partial charge on any atom is -0.300 e. The van der Waals surface area contributed by atoms with Crippen LogP contribution in [0.1, 0.15) is 37.9 Å². The topological polar surface area (TPSA) is 17.8 Å². The van der Waals surface area contributed by atoms with E-state index >= 15 is 0 Å². The van der Waals surface area contributed by atoms with E-state index in [9.17, 15) is 4.39 Å². The van der Waals surface area contributed by atoms with Crippen molar-refractivity contribution in [3.8, 4) is 5.69 Å². The molecular formula is C20H18BrCl2FN2. The number of nitrogens with zero attached hydrogens (tertiary/aromatic N) is 2. The fourth-order valence-corrected chi connectivity index (χ4v) is 4.31. The van der Waals surface area contributed by atoms with Crippen LogP contribution in [0.25, 0.3) is 5.69 Å². The molecule has 0 saturated carbocycles. The van der Waals surface area contributed by atoms with Crippen LogP contribution in [-0.2, 0) is 11.8 Å². The Morgan fingerprint density at radius 3 is 2.38 bits per heavy atom. The summed E-state index contributed by atoms with van der Waals surface area (Å²) in [5, 5.41) is 1.12. The van der Waals surface area contributed by atoms with Crippen molar-refractivity contribution in [2.45, 2.75) is 32.6 Å². The minimum atomic E-state index is -0.623. The van der Waals surface area contributed by atoms with Crippen molar-refractivity contribution in [1.82, 2.24) is 9.55 Å². The summed E-state index contributed by atoms with van der Waals surface area (Å²) in [7, 11) is 0. The number of benzene rings is 2. The lowest BCUT2D eigenvalue weighted by Gasteiger charge is -2.28. The zero-order valence-corrected chi connectivity index (χ0v) is 17.8. The second-order valence-electron chi connectivity index (χ2n) is 6.60. The maximum atomic E-state index is 14.6. The molecule has 3 aromatic rings. The van der Waals surface area contributed by atoms with E-state index in [1.54, 1.807) is 22.8 Å². The van der Waals surface area contributed by atoms with Gasteiger partial charge in [0.15, 0.2) is 0 Å². The van der Waals surface area contributed by atoms with Gasteiger partial charge in [-0.1, -0.05) is 52.1 Å². The molecule has 2 nitrogen and oxygen atoms in total. The third-order valence-electron chi connectivity index (χ3n) is 4.43. The van der Waals surface area contributed by atoms with Crippen molar-refractivity contribution in [3.05, 3.63) is 80.0 Å². The Bertz CT molecular complexity index is 946. The number of aromatic nitrogens is 2. The van der Waals surface area contributed by atoms with Gasteiger partial charge in [-0.25, -0.2) is 9.37 Å².